The molecule has 0 aliphatic heterocycles. The molecule has 5 heteroatoms. The highest BCUT2D eigenvalue weighted by Gasteiger charge is 2.07. The molecule has 0 spiro atoms. The number of tetrazole rings is 1. The van der Waals surface area contributed by atoms with Crippen molar-refractivity contribution in [1.82, 2.24) is 20.2 Å². The molecule has 0 amide bonds. The third-order valence-corrected chi connectivity index (χ3v) is 2.62. The molecule has 0 bridgehead atoms. The van der Waals surface area contributed by atoms with E-state index in [0.717, 1.165) is 17.8 Å². The Hall–Kier alpha value is -1.91. The van der Waals surface area contributed by atoms with Crippen LogP contribution in [-0.2, 0) is 0 Å². The molecule has 0 saturated heterocycles. The van der Waals surface area contributed by atoms with Crippen molar-refractivity contribution in [2.24, 2.45) is 0 Å². The summed E-state index contributed by atoms with van der Waals surface area (Å²) in [5.41, 5.74) is 2.03. The minimum absolute atomic E-state index is 0.442. The van der Waals surface area contributed by atoms with E-state index in [1.54, 1.807) is 11.0 Å². The van der Waals surface area contributed by atoms with Crippen molar-refractivity contribution in [2.75, 3.05) is 5.32 Å². The van der Waals surface area contributed by atoms with Crippen molar-refractivity contribution in [3.63, 3.8) is 0 Å². The zero-order chi connectivity index (χ0) is 12.1. The van der Waals surface area contributed by atoms with Gasteiger partial charge < -0.3 is 5.32 Å². The summed E-state index contributed by atoms with van der Waals surface area (Å²) in [5.74, 6) is 0. The summed E-state index contributed by atoms with van der Waals surface area (Å²) in [6, 6.07) is 8.47. The van der Waals surface area contributed by atoms with Gasteiger partial charge in [0.25, 0.3) is 0 Å². The predicted molar refractivity (Wildman–Crippen MR) is 67.1 cm³/mol. The molecule has 1 atom stereocenters. The van der Waals surface area contributed by atoms with Gasteiger partial charge in [0.15, 0.2) is 0 Å². The third kappa shape index (κ3) is 2.81. The lowest BCUT2D eigenvalue weighted by molar-refractivity contribution is 0.688. The maximum atomic E-state index is 3.92. The number of para-hydroxylation sites is 2. The minimum Gasteiger partial charge on any atom is -0.381 e. The van der Waals surface area contributed by atoms with E-state index in [0.29, 0.717) is 6.04 Å². The Kier molecular flexibility index (Phi) is 3.69. The van der Waals surface area contributed by atoms with Crippen LogP contribution in [0.3, 0.4) is 0 Å². The van der Waals surface area contributed by atoms with Gasteiger partial charge in [0, 0.05) is 6.04 Å². The van der Waals surface area contributed by atoms with Crippen molar-refractivity contribution in [3.8, 4) is 5.69 Å². The number of hydrogen-bond donors (Lipinski definition) is 1. The molecule has 0 saturated carbocycles. The molecule has 5 nitrogen and oxygen atoms in total. The lowest BCUT2D eigenvalue weighted by Crippen LogP contribution is -2.16. The fraction of sp³-hybridized carbons (Fsp3) is 0.417. The van der Waals surface area contributed by atoms with Crippen LogP contribution in [0.2, 0.25) is 0 Å². The molecular formula is C12H17N5. The Bertz CT molecular complexity index is 452. The highest BCUT2D eigenvalue weighted by atomic mass is 15.5. The van der Waals surface area contributed by atoms with E-state index >= 15 is 0 Å². The maximum Gasteiger partial charge on any atom is 0.143 e. The van der Waals surface area contributed by atoms with E-state index in [1.165, 1.54) is 6.42 Å². The molecule has 0 fully saturated rings. The highest BCUT2D eigenvalue weighted by molar-refractivity contribution is 5.60. The van der Waals surface area contributed by atoms with Gasteiger partial charge in [-0.2, -0.15) is 4.68 Å². The molecule has 1 aromatic heterocycles. The van der Waals surface area contributed by atoms with Gasteiger partial charge in [0.05, 0.1) is 11.4 Å². The Morgan fingerprint density at radius 1 is 1.35 bits per heavy atom. The average molecular weight is 231 g/mol. The Balaban J connectivity index is 2.22. The summed E-state index contributed by atoms with van der Waals surface area (Å²) >= 11 is 0. The Morgan fingerprint density at radius 3 is 2.88 bits per heavy atom. The third-order valence-electron chi connectivity index (χ3n) is 2.62. The van der Waals surface area contributed by atoms with Crippen LogP contribution < -0.4 is 5.32 Å². The standard InChI is InChI=1S/C12H17N5/c1-3-6-10(2)14-11-7-4-5-8-12(11)17-9-13-15-16-17/h4-5,7-10,14H,3,6H2,1-2H3. The largest absolute Gasteiger partial charge is 0.381 e. The van der Waals surface area contributed by atoms with Crippen LogP contribution >= 0.6 is 0 Å². The van der Waals surface area contributed by atoms with Crippen LogP contribution in [0.5, 0.6) is 0 Å². The fourth-order valence-electron chi connectivity index (χ4n) is 1.84. The summed E-state index contributed by atoms with van der Waals surface area (Å²) < 4.78 is 1.67. The molecule has 0 aliphatic carbocycles. The number of nitrogens with zero attached hydrogens (tertiary/aromatic N) is 4. The average Bonchev–Trinajstić information content (AvgIpc) is 2.83. The van der Waals surface area contributed by atoms with Gasteiger partial charge in [-0.15, -0.1) is 5.10 Å². The molecular weight excluding hydrogens is 214 g/mol. The van der Waals surface area contributed by atoms with E-state index in [-0.39, 0.29) is 0 Å². The molecule has 17 heavy (non-hydrogen) atoms. The van der Waals surface area contributed by atoms with E-state index in [1.807, 2.05) is 24.3 Å². The van der Waals surface area contributed by atoms with Gasteiger partial charge in [-0.05, 0) is 35.9 Å². The number of anilines is 1. The van der Waals surface area contributed by atoms with Crippen LogP contribution in [-0.4, -0.2) is 26.2 Å². The van der Waals surface area contributed by atoms with Crippen molar-refractivity contribution in [3.05, 3.63) is 30.6 Å². The molecule has 2 rings (SSSR count). The molecule has 2 aromatic rings. The quantitative estimate of drug-likeness (QED) is 0.857. The van der Waals surface area contributed by atoms with E-state index in [2.05, 4.69) is 34.7 Å². The highest BCUT2D eigenvalue weighted by Crippen LogP contribution is 2.20. The lowest BCUT2D eigenvalue weighted by atomic mass is 10.1. The first-order valence-corrected chi connectivity index (χ1v) is 5.90. The van der Waals surface area contributed by atoms with Crippen molar-refractivity contribution in [2.45, 2.75) is 32.7 Å². The molecule has 90 valence electrons. The number of rotatable bonds is 5. The molecule has 1 aromatic carbocycles. The summed E-state index contributed by atoms with van der Waals surface area (Å²) in [6.07, 6.45) is 3.91. The van der Waals surface area contributed by atoms with Crippen LogP contribution in [0.25, 0.3) is 5.69 Å². The Labute approximate surface area is 101 Å². The van der Waals surface area contributed by atoms with E-state index < -0.39 is 0 Å². The molecule has 0 aliphatic rings. The van der Waals surface area contributed by atoms with Crippen molar-refractivity contribution in [1.29, 1.82) is 0 Å². The van der Waals surface area contributed by atoms with Gasteiger partial charge in [-0.3, -0.25) is 0 Å². The van der Waals surface area contributed by atoms with Crippen molar-refractivity contribution < 1.29 is 0 Å². The summed E-state index contributed by atoms with van der Waals surface area (Å²) in [4.78, 5) is 0. The van der Waals surface area contributed by atoms with E-state index in [4.69, 9.17) is 0 Å². The normalized spacial score (nSPS) is 12.4. The van der Waals surface area contributed by atoms with Gasteiger partial charge in [-0.25, -0.2) is 0 Å². The van der Waals surface area contributed by atoms with Gasteiger partial charge in [0.1, 0.15) is 6.33 Å². The lowest BCUT2D eigenvalue weighted by Gasteiger charge is -2.16. The van der Waals surface area contributed by atoms with Crippen molar-refractivity contribution >= 4 is 5.69 Å². The zero-order valence-electron chi connectivity index (χ0n) is 10.2. The molecule has 0 radical (unpaired) electrons. The molecule has 1 N–H and O–H groups in total. The zero-order valence-corrected chi connectivity index (χ0v) is 10.2. The van der Waals surface area contributed by atoms with Crippen LogP contribution in [0.1, 0.15) is 26.7 Å². The monoisotopic (exact) mass is 231 g/mol. The van der Waals surface area contributed by atoms with E-state index in [9.17, 15) is 0 Å². The first kappa shape index (κ1) is 11.6. The van der Waals surface area contributed by atoms with Gasteiger partial charge >= 0.3 is 0 Å². The van der Waals surface area contributed by atoms with Gasteiger partial charge in [-0.1, -0.05) is 25.5 Å². The summed E-state index contributed by atoms with van der Waals surface area (Å²) in [5, 5.41) is 14.7. The Morgan fingerprint density at radius 2 is 2.18 bits per heavy atom. The SMILES string of the molecule is CCCC(C)Nc1ccccc1-n1cnnn1. The first-order chi connectivity index (χ1) is 8.31. The minimum atomic E-state index is 0.442. The first-order valence-electron chi connectivity index (χ1n) is 5.90. The summed E-state index contributed by atoms with van der Waals surface area (Å²) in [6.45, 7) is 4.37. The van der Waals surface area contributed by atoms with Crippen LogP contribution in [0.15, 0.2) is 30.6 Å². The second kappa shape index (κ2) is 5.43. The maximum absolute atomic E-state index is 3.92. The van der Waals surface area contributed by atoms with Gasteiger partial charge in [0.2, 0.25) is 0 Å². The number of hydrogen-bond acceptors (Lipinski definition) is 4. The topological polar surface area (TPSA) is 55.6 Å². The smallest absolute Gasteiger partial charge is 0.143 e. The number of nitrogens with one attached hydrogen (secondary N) is 1. The van der Waals surface area contributed by atoms with Crippen LogP contribution in [0.4, 0.5) is 5.69 Å². The molecule has 1 unspecified atom stereocenters. The number of aromatic nitrogens is 4. The fourth-order valence-corrected chi connectivity index (χ4v) is 1.84. The van der Waals surface area contributed by atoms with Crippen LogP contribution in [0, 0.1) is 0 Å². The second-order valence-corrected chi connectivity index (χ2v) is 4.11. The molecule has 1 heterocycles. The second-order valence-electron chi connectivity index (χ2n) is 4.11. The predicted octanol–water partition coefficient (Wildman–Crippen LogP) is 2.26. The number of benzene rings is 1. The summed E-state index contributed by atoms with van der Waals surface area (Å²) in [7, 11) is 0.